The monoisotopic (exact) mass is 489 g/mol. The smallest absolute Gasteiger partial charge is 0.271 e. The van der Waals surface area contributed by atoms with Gasteiger partial charge in [-0.15, -0.1) is 0 Å². The number of allylic oxidation sites excluding steroid dienone is 1. The standard InChI is InChI=1S/C26H20ClN3O3S/c1-15-8-13-20(33-15)14-21-25(32)30-23(17-9-11-18(27)12-10-17)22(16(2)28-26(30)34-21)24(31)29-19-6-4-3-5-7-19/h3-14,23H,1-2H3,(H,29,31)/t23-/m0/s1. The first-order valence-corrected chi connectivity index (χ1v) is 11.8. The van der Waals surface area contributed by atoms with Crippen molar-refractivity contribution in [3.05, 3.63) is 120 Å². The molecule has 5 rings (SSSR count). The number of hydrogen-bond acceptors (Lipinski definition) is 5. The quantitative estimate of drug-likeness (QED) is 0.460. The molecular formula is C26H20ClN3O3S. The number of anilines is 1. The Morgan fingerprint density at radius 3 is 2.50 bits per heavy atom. The first kappa shape index (κ1) is 22.1. The van der Waals surface area contributed by atoms with E-state index in [4.69, 9.17) is 16.0 Å². The molecule has 8 heteroatoms. The predicted molar refractivity (Wildman–Crippen MR) is 134 cm³/mol. The van der Waals surface area contributed by atoms with Crippen LogP contribution in [0.3, 0.4) is 0 Å². The second-order valence-corrected chi connectivity index (χ2v) is 9.35. The van der Waals surface area contributed by atoms with Gasteiger partial charge < -0.3 is 9.73 Å². The number of hydrogen-bond donors (Lipinski definition) is 1. The van der Waals surface area contributed by atoms with Crippen LogP contribution in [0.15, 0.2) is 92.2 Å². The molecule has 0 aliphatic carbocycles. The lowest BCUT2D eigenvalue weighted by molar-refractivity contribution is -0.113. The summed E-state index contributed by atoms with van der Waals surface area (Å²) in [5.41, 5.74) is 2.14. The molecule has 2 aromatic heterocycles. The van der Waals surface area contributed by atoms with Crippen molar-refractivity contribution in [2.45, 2.75) is 19.9 Å². The van der Waals surface area contributed by atoms with E-state index in [-0.39, 0.29) is 11.5 Å². The minimum atomic E-state index is -0.655. The van der Waals surface area contributed by atoms with Crippen molar-refractivity contribution in [3.63, 3.8) is 0 Å². The van der Waals surface area contributed by atoms with E-state index in [1.807, 2.05) is 61.5 Å². The molecule has 4 aromatic rings. The van der Waals surface area contributed by atoms with Crippen LogP contribution in [0.1, 0.15) is 30.0 Å². The summed E-state index contributed by atoms with van der Waals surface area (Å²) in [7, 11) is 0. The Morgan fingerprint density at radius 2 is 1.82 bits per heavy atom. The average molecular weight is 490 g/mol. The fraction of sp³-hybridized carbons (Fsp3) is 0.115. The largest absolute Gasteiger partial charge is 0.462 e. The highest BCUT2D eigenvalue weighted by atomic mass is 35.5. The van der Waals surface area contributed by atoms with Gasteiger partial charge in [-0.2, -0.15) is 0 Å². The van der Waals surface area contributed by atoms with Crippen LogP contribution in [0.5, 0.6) is 0 Å². The van der Waals surface area contributed by atoms with Gasteiger partial charge in [0.05, 0.1) is 21.8 Å². The Kier molecular flexibility index (Phi) is 5.81. The van der Waals surface area contributed by atoms with Gasteiger partial charge in [0.2, 0.25) is 0 Å². The van der Waals surface area contributed by atoms with Gasteiger partial charge in [-0.1, -0.05) is 53.3 Å². The summed E-state index contributed by atoms with van der Waals surface area (Å²) in [5, 5.41) is 3.50. The minimum absolute atomic E-state index is 0.240. The number of benzene rings is 2. The Labute approximate surface area is 204 Å². The lowest BCUT2D eigenvalue weighted by atomic mass is 9.95. The maximum absolute atomic E-state index is 13.6. The summed E-state index contributed by atoms with van der Waals surface area (Å²) in [6.07, 6.45) is 1.71. The van der Waals surface area contributed by atoms with E-state index in [9.17, 15) is 9.59 Å². The number of nitrogens with one attached hydrogen (secondary N) is 1. The van der Waals surface area contributed by atoms with E-state index in [0.29, 0.717) is 37.1 Å². The van der Waals surface area contributed by atoms with Crippen molar-refractivity contribution < 1.29 is 9.21 Å². The van der Waals surface area contributed by atoms with Crippen LogP contribution in [-0.4, -0.2) is 10.5 Å². The van der Waals surface area contributed by atoms with Gasteiger partial charge in [-0.05, 0) is 55.8 Å². The molecular weight excluding hydrogens is 470 g/mol. The van der Waals surface area contributed by atoms with E-state index in [0.717, 1.165) is 11.3 Å². The zero-order valence-corrected chi connectivity index (χ0v) is 20.0. The number of para-hydroxylation sites is 1. The summed E-state index contributed by atoms with van der Waals surface area (Å²) >= 11 is 7.39. The third-order valence-electron chi connectivity index (χ3n) is 5.52. The highest BCUT2D eigenvalue weighted by molar-refractivity contribution is 7.07. The molecule has 0 unspecified atom stereocenters. The second-order valence-electron chi connectivity index (χ2n) is 7.90. The number of rotatable bonds is 4. The van der Waals surface area contributed by atoms with Gasteiger partial charge in [-0.3, -0.25) is 14.2 Å². The first-order chi connectivity index (χ1) is 16.4. The molecule has 1 atom stereocenters. The van der Waals surface area contributed by atoms with Crippen LogP contribution in [-0.2, 0) is 4.79 Å². The van der Waals surface area contributed by atoms with Crippen molar-refractivity contribution in [1.82, 2.24) is 4.57 Å². The predicted octanol–water partition coefficient (Wildman–Crippen LogP) is 4.43. The summed E-state index contributed by atoms with van der Waals surface area (Å²) in [4.78, 5) is 32.2. The van der Waals surface area contributed by atoms with Crippen LogP contribution in [0.4, 0.5) is 5.69 Å². The van der Waals surface area contributed by atoms with Gasteiger partial charge >= 0.3 is 0 Å². The molecule has 6 nitrogen and oxygen atoms in total. The fourth-order valence-electron chi connectivity index (χ4n) is 3.95. The Morgan fingerprint density at radius 1 is 1.09 bits per heavy atom. The molecule has 0 saturated carbocycles. The summed E-state index contributed by atoms with van der Waals surface area (Å²) < 4.78 is 7.68. The zero-order valence-electron chi connectivity index (χ0n) is 18.4. The Hall–Kier alpha value is -3.68. The highest BCUT2D eigenvalue weighted by Crippen LogP contribution is 2.31. The normalized spacial score (nSPS) is 15.7. The maximum Gasteiger partial charge on any atom is 0.271 e. The first-order valence-electron chi connectivity index (χ1n) is 10.6. The number of carbonyl (C=O) groups excluding carboxylic acids is 1. The van der Waals surface area contributed by atoms with Crippen molar-refractivity contribution in [3.8, 4) is 0 Å². The number of halogens is 1. The van der Waals surface area contributed by atoms with Crippen LogP contribution in [0.25, 0.3) is 6.08 Å². The van der Waals surface area contributed by atoms with E-state index in [1.165, 1.54) is 11.3 Å². The second kappa shape index (κ2) is 8.93. The lowest BCUT2D eigenvalue weighted by Gasteiger charge is -2.25. The van der Waals surface area contributed by atoms with Crippen LogP contribution >= 0.6 is 22.9 Å². The minimum Gasteiger partial charge on any atom is -0.462 e. The molecule has 0 bridgehead atoms. The zero-order chi connectivity index (χ0) is 23.8. The van der Waals surface area contributed by atoms with E-state index in [2.05, 4.69) is 10.3 Å². The summed E-state index contributed by atoms with van der Waals surface area (Å²) in [6.45, 7) is 3.64. The van der Waals surface area contributed by atoms with Crippen molar-refractivity contribution in [1.29, 1.82) is 0 Å². The van der Waals surface area contributed by atoms with Gasteiger partial charge in [0.1, 0.15) is 11.5 Å². The Balaban J connectivity index is 1.68. The fourth-order valence-corrected chi connectivity index (χ4v) is 5.11. The molecule has 1 amide bonds. The van der Waals surface area contributed by atoms with Gasteiger partial charge in [0, 0.05) is 16.8 Å². The molecule has 2 aromatic carbocycles. The molecule has 0 saturated heterocycles. The molecule has 0 spiro atoms. The summed E-state index contributed by atoms with van der Waals surface area (Å²) in [5.74, 6) is 1.03. The maximum atomic E-state index is 13.6. The third kappa shape index (κ3) is 4.16. The van der Waals surface area contributed by atoms with E-state index in [1.54, 1.807) is 29.7 Å². The van der Waals surface area contributed by atoms with Crippen molar-refractivity contribution >= 4 is 40.6 Å². The molecule has 170 valence electrons. The van der Waals surface area contributed by atoms with Crippen LogP contribution in [0, 0.1) is 6.92 Å². The molecule has 0 fully saturated rings. The number of fused-ring (bicyclic) bond motifs is 1. The number of aryl methyl sites for hydroxylation is 1. The molecule has 0 radical (unpaired) electrons. The van der Waals surface area contributed by atoms with Crippen LogP contribution < -0.4 is 20.2 Å². The number of furan rings is 1. The van der Waals surface area contributed by atoms with Crippen molar-refractivity contribution in [2.24, 2.45) is 4.99 Å². The van der Waals surface area contributed by atoms with Gasteiger partial charge in [-0.25, -0.2) is 4.99 Å². The summed E-state index contributed by atoms with van der Waals surface area (Å²) in [6, 6.07) is 19.3. The highest BCUT2D eigenvalue weighted by Gasteiger charge is 2.32. The van der Waals surface area contributed by atoms with Crippen molar-refractivity contribution in [2.75, 3.05) is 5.32 Å². The van der Waals surface area contributed by atoms with E-state index < -0.39 is 6.04 Å². The third-order valence-corrected chi connectivity index (χ3v) is 6.75. The Bertz CT molecular complexity index is 1600. The number of nitrogens with zero attached hydrogens (tertiary/aromatic N) is 2. The number of carbonyl (C=O) groups is 1. The molecule has 3 heterocycles. The van der Waals surface area contributed by atoms with Crippen LogP contribution in [0.2, 0.25) is 5.02 Å². The average Bonchev–Trinajstić information content (AvgIpc) is 3.36. The molecule has 1 aliphatic heterocycles. The number of aromatic nitrogens is 1. The topological polar surface area (TPSA) is 76.6 Å². The molecule has 1 N–H and O–H groups in total. The van der Waals surface area contributed by atoms with Gasteiger partial charge in [0.25, 0.3) is 11.5 Å². The number of thiazole rings is 1. The lowest BCUT2D eigenvalue weighted by Crippen LogP contribution is -2.40. The molecule has 34 heavy (non-hydrogen) atoms. The van der Waals surface area contributed by atoms with Gasteiger partial charge in [0.15, 0.2) is 4.80 Å². The molecule has 1 aliphatic rings. The SMILES string of the molecule is CC1=C(C(=O)Nc2ccccc2)[C@H](c2ccc(Cl)cc2)n2c(sc(=Cc3ccc(C)o3)c2=O)=N1. The number of amides is 1. The van der Waals surface area contributed by atoms with E-state index >= 15 is 0 Å².